The van der Waals surface area contributed by atoms with E-state index >= 15 is 0 Å². The largest absolute Gasteiger partial charge is 0.322 e. The molecule has 0 aliphatic heterocycles. The fraction of sp³-hybridized carbons (Fsp3) is 0.0952. The molecule has 3 aromatic rings. The van der Waals surface area contributed by atoms with Gasteiger partial charge in [0.15, 0.2) is 11.6 Å². The second-order valence-electron chi connectivity index (χ2n) is 6.62. The number of halogens is 4. The number of carbonyl (C=O) groups excluding carboxylic acids is 1. The molecule has 0 heterocycles. The van der Waals surface area contributed by atoms with E-state index in [4.69, 9.17) is 0 Å². The first-order chi connectivity index (χ1) is 14.6. The Morgan fingerprint density at radius 1 is 0.871 bits per heavy atom. The Balaban J connectivity index is 1.84. The highest BCUT2D eigenvalue weighted by Gasteiger charge is 2.22. The van der Waals surface area contributed by atoms with Crippen LogP contribution in [-0.4, -0.2) is 14.3 Å². The van der Waals surface area contributed by atoms with Crippen molar-refractivity contribution in [2.24, 2.45) is 0 Å². The minimum absolute atomic E-state index is 0.144. The summed E-state index contributed by atoms with van der Waals surface area (Å²) in [5.41, 5.74) is -0.401. The van der Waals surface area contributed by atoms with Gasteiger partial charge in [0.1, 0.15) is 11.6 Å². The first kappa shape index (κ1) is 22.4. The SMILES string of the molecule is CC(NS(=O)(=O)c1ccc(F)c(C(=O)Nc2ccc(F)c(F)c2)c1)c1cccc(F)c1. The molecule has 0 aliphatic rings. The molecule has 162 valence electrons. The summed E-state index contributed by atoms with van der Waals surface area (Å²) in [6, 6.07) is 9.63. The third-order valence-corrected chi connectivity index (χ3v) is 5.89. The molecular weight excluding hydrogens is 436 g/mol. The van der Waals surface area contributed by atoms with Gasteiger partial charge in [0.05, 0.1) is 10.5 Å². The molecule has 1 amide bonds. The number of benzene rings is 3. The van der Waals surface area contributed by atoms with Crippen molar-refractivity contribution in [3.63, 3.8) is 0 Å². The number of carbonyl (C=O) groups is 1. The van der Waals surface area contributed by atoms with Gasteiger partial charge in [0, 0.05) is 17.8 Å². The van der Waals surface area contributed by atoms with E-state index in [-0.39, 0.29) is 5.69 Å². The van der Waals surface area contributed by atoms with E-state index in [0.29, 0.717) is 11.6 Å². The summed E-state index contributed by atoms with van der Waals surface area (Å²) in [4.78, 5) is 12.0. The predicted molar refractivity (Wildman–Crippen MR) is 106 cm³/mol. The van der Waals surface area contributed by atoms with Crippen LogP contribution in [0.3, 0.4) is 0 Å². The molecule has 0 aromatic heterocycles. The van der Waals surface area contributed by atoms with Gasteiger partial charge in [0.25, 0.3) is 5.91 Å². The Labute approximate surface area is 175 Å². The van der Waals surface area contributed by atoms with Crippen LogP contribution >= 0.6 is 0 Å². The zero-order valence-corrected chi connectivity index (χ0v) is 16.8. The van der Waals surface area contributed by atoms with Gasteiger partial charge in [-0.3, -0.25) is 4.79 Å². The van der Waals surface area contributed by atoms with Crippen LogP contribution in [0.1, 0.15) is 28.9 Å². The van der Waals surface area contributed by atoms with Gasteiger partial charge >= 0.3 is 0 Å². The van der Waals surface area contributed by atoms with Gasteiger partial charge < -0.3 is 5.32 Å². The van der Waals surface area contributed by atoms with Crippen molar-refractivity contribution < 1.29 is 30.8 Å². The van der Waals surface area contributed by atoms with Crippen LogP contribution in [0.2, 0.25) is 0 Å². The average Bonchev–Trinajstić information content (AvgIpc) is 2.70. The quantitative estimate of drug-likeness (QED) is 0.540. The van der Waals surface area contributed by atoms with Crippen LogP contribution in [-0.2, 0) is 10.0 Å². The molecule has 0 spiro atoms. The molecule has 3 aromatic carbocycles. The summed E-state index contributed by atoms with van der Waals surface area (Å²) in [5, 5.41) is 2.18. The normalized spacial score (nSPS) is 12.4. The Bertz CT molecular complexity index is 1250. The highest BCUT2D eigenvalue weighted by Crippen LogP contribution is 2.21. The van der Waals surface area contributed by atoms with Crippen molar-refractivity contribution in [1.82, 2.24) is 4.72 Å². The fourth-order valence-corrected chi connectivity index (χ4v) is 4.02. The first-order valence-electron chi connectivity index (χ1n) is 8.90. The third-order valence-electron chi connectivity index (χ3n) is 4.35. The molecule has 0 fully saturated rings. The maximum absolute atomic E-state index is 14.2. The summed E-state index contributed by atoms with van der Waals surface area (Å²) in [5.74, 6) is -4.96. The van der Waals surface area contributed by atoms with E-state index in [1.165, 1.54) is 31.2 Å². The van der Waals surface area contributed by atoms with Crippen LogP contribution in [0.15, 0.2) is 65.6 Å². The molecule has 0 saturated carbocycles. The third kappa shape index (κ3) is 5.28. The topological polar surface area (TPSA) is 75.3 Å². The van der Waals surface area contributed by atoms with Gasteiger partial charge in [-0.1, -0.05) is 12.1 Å². The lowest BCUT2D eigenvalue weighted by atomic mass is 10.1. The number of sulfonamides is 1. The fourth-order valence-electron chi connectivity index (χ4n) is 2.76. The number of anilines is 1. The zero-order chi connectivity index (χ0) is 22.8. The molecule has 10 heteroatoms. The molecule has 3 rings (SSSR count). The van der Waals surface area contributed by atoms with Gasteiger partial charge in [-0.2, -0.15) is 0 Å². The standard InChI is InChI=1S/C21H16F4N2O3S/c1-12(13-3-2-4-14(22)9-13)27-31(29,30)16-6-8-18(23)17(11-16)21(28)26-15-5-7-19(24)20(25)10-15/h2-12,27H,1H3,(H,26,28). The van der Waals surface area contributed by atoms with Gasteiger partial charge in [0.2, 0.25) is 10.0 Å². The van der Waals surface area contributed by atoms with Crippen molar-refractivity contribution in [3.8, 4) is 0 Å². The number of rotatable bonds is 6. The zero-order valence-electron chi connectivity index (χ0n) is 16.0. The van der Waals surface area contributed by atoms with Crippen molar-refractivity contribution in [2.45, 2.75) is 17.9 Å². The van der Waals surface area contributed by atoms with Gasteiger partial charge in [-0.15, -0.1) is 0 Å². The second kappa shape index (κ2) is 8.86. The van der Waals surface area contributed by atoms with E-state index in [0.717, 1.165) is 30.3 Å². The van der Waals surface area contributed by atoms with Crippen LogP contribution in [0.25, 0.3) is 0 Å². The van der Waals surface area contributed by atoms with E-state index < -0.39 is 55.7 Å². The minimum atomic E-state index is -4.21. The van der Waals surface area contributed by atoms with Crippen molar-refractivity contribution >= 4 is 21.6 Å². The molecule has 31 heavy (non-hydrogen) atoms. The lowest BCUT2D eigenvalue weighted by Gasteiger charge is -2.15. The number of nitrogens with one attached hydrogen (secondary N) is 2. The summed E-state index contributed by atoms with van der Waals surface area (Å²) >= 11 is 0. The summed E-state index contributed by atoms with van der Waals surface area (Å²) in [7, 11) is -4.21. The first-order valence-corrected chi connectivity index (χ1v) is 10.4. The molecule has 2 N–H and O–H groups in total. The Kier molecular flexibility index (Phi) is 6.42. The Morgan fingerprint density at radius 2 is 1.58 bits per heavy atom. The summed E-state index contributed by atoms with van der Waals surface area (Å²) in [6.45, 7) is 1.49. The number of amides is 1. The predicted octanol–water partition coefficient (Wildman–Crippen LogP) is 4.53. The molecule has 1 unspecified atom stereocenters. The van der Waals surface area contributed by atoms with E-state index in [1.807, 2.05) is 0 Å². The maximum atomic E-state index is 14.2. The maximum Gasteiger partial charge on any atom is 0.258 e. The average molecular weight is 452 g/mol. The lowest BCUT2D eigenvalue weighted by molar-refractivity contribution is 0.102. The summed E-state index contributed by atoms with van der Waals surface area (Å²) in [6.07, 6.45) is 0. The van der Waals surface area contributed by atoms with E-state index in [2.05, 4.69) is 10.0 Å². The van der Waals surface area contributed by atoms with Crippen LogP contribution in [0.5, 0.6) is 0 Å². The number of hydrogen-bond donors (Lipinski definition) is 2. The van der Waals surface area contributed by atoms with Crippen molar-refractivity contribution in [3.05, 3.63) is 95.1 Å². The highest BCUT2D eigenvalue weighted by molar-refractivity contribution is 7.89. The Hall–Kier alpha value is -3.24. The molecule has 0 saturated heterocycles. The van der Waals surface area contributed by atoms with Gasteiger partial charge in [-0.05, 0) is 55.0 Å². The smallest absolute Gasteiger partial charge is 0.258 e. The van der Waals surface area contributed by atoms with Crippen molar-refractivity contribution in [2.75, 3.05) is 5.32 Å². The molecule has 0 bridgehead atoms. The minimum Gasteiger partial charge on any atom is -0.322 e. The second-order valence-corrected chi connectivity index (χ2v) is 8.34. The molecule has 0 radical (unpaired) electrons. The highest BCUT2D eigenvalue weighted by atomic mass is 32.2. The number of hydrogen-bond acceptors (Lipinski definition) is 3. The molecular formula is C21H16F4N2O3S. The van der Waals surface area contributed by atoms with Crippen molar-refractivity contribution in [1.29, 1.82) is 0 Å². The lowest BCUT2D eigenvalue weighted by Crippen LogP contribution is -2.27. The molecule has 0 aliphatic carbocycles. The monoisotopic (exact) mass is 452 g/mol. The van der Waals surface area contributed by atoms with Crippen LogP contribution in [0, 0.1) is 23.3 Å². The van der Waals surface area contributed by atoms with Crippen LogP contribution in [0.4, 0.5) is 23.2 Å². The van der Waals surface area contributed by atoms with Crippen LogP contribution < -0.4 is 10.0 Å². The van der Waals surface area contributed by atoms with Gasteiger partial charge in [-0.25, -0.2) is 30.7 Å². The summed E-state index contributed by atoms with van der Waals surface area (Å²) < 4.78 is 81.6. The molecule has 1 atom stereocenters. The molecule has 5 nitrogen and oxygen atoms in total. The van der Waals surface area contributed by atoms with E-state index in [9.17, 15) is 30.8 Å². The van der Waals surface area contributed by atoms with E-state index in [1.54, 1.807) is 0 Å². The Morgan fingerprint density at radius 3 is 2.26 bits per heavy atom.